The zero-order chi connectivity index (χ0) is 15.5. The molecular formula is C18H37N3. The number of nitrogens with zero attached hydrogens (tertiary/aromatic N) is 2. The molecule has 3 nitrogen and oxygen atoms in total. The molecule has 1 aliphatic carbocycles. The zero-order valence-electron chi connectivity index (χ0n) is 15.0. The van der Waals surface area contributed by atoms with Gasteiger partial charge in [0.1, 0.15) is 0 Å². The summed E-state index contributed by atoms with van der Waals surface area (Å²) in [6, 6.07) is 1.41. The van der Waals surface area contributed by atoms with E-state index in [4.69, 9.17) is 0 Å². The third-order valence-corrected chi connectivity index (χ3v) is 5.62. The molecule has 0 radical (unpaired) electrons. The van der Waals surface area contributed by atoms with Gasteiger partial charge in [0.05, 0.1) is 0 Å². The Labute approximate surface area is 132 Å². The molecule has 2 fully saturated rings. The van der Waals surface area contributed by atoms with Crippen molar-refractivity contribution in [2.24, 2.45) is 11.3 Å². The van der Waals surface area contributed by atoms with E-state index >= 15 is 0 Å². The molecule has 2 aliphatic rings. The van der Waals surface area contributed by atoms with Gasteiger partial charge in [0.25, 0.3) is 0 Å². The van der Waals surface area contributed by atoms with Gasteiger partial charge in [0.15, 0.2) is 0 Å². The van der Waals surface area contributed by atoms with Gasteiger partial charge in [-0.3, -0.25) is 0 Å². The summed E-state index contributed by atoms with van der Waals surface area (Å²) in [4.78, 5) is 5.16. The maximum atomic E-state index is 3.82. The molecular weight excluding hydrogens is 258 g/mol. The minimum Gasteiger partial charge on any atom is -0.312 e. The van der Waals surface area contributed by atoms with Crippen LogP contribution in [-0.4, -0.2) is 62.2 Å². The highest BCUT2D eigenvalue weighted by Crippen LogP contribution is 2.37. The maximum Gasteiger partial charge on any atom is 0.0251 e. The standard InChI is InChI=1S/C18H37N3/c1-6-10-19-16-7-9-18(2,3)12-17(16)21(5)14-15-8-11-20(4)13-15/h15-17,19H,6-14H2,1-5H3. The second-order valence-corrected chi connectivity index (χ2v) is 8.39. The lowest BCUT2D eigenvalue weighted by atomic mass is 9.72. The van der Waals surface area contributed by atoms with Gasteiger partial charge < -0.3 is 15.1 Å². The molecule has 1 heterocycles. The maximum absolute atomic E-state index is 3.82. The van der Waals surface area contributed by atoms with Gasteiger partial charge in [-0.2, -0.15) is 0 Å². The van der Waals surface area contributed by atoms with Gasteiger partial charge >= 0.3 is 0 Å². The predicted molar refractivity (Wildman–Crippen MR) is 91.7 cm³/mol. The average Bonchev–Trinajstić information content (AvgIpc) is 2.82. The highest BCUT2D eigenvalue weighted by Gasteiger charge is 2.37. The Kier molecular flexibility index (Phi) is 6.10. The largest absolute Gasteiger partial charge is 0.312 e. The van der Waals surface area contributed by atoms with Crippen molar-refractivity contribution in [3.8, 4) is 0 Å². The summed E-state index contributed by atoms with van der Waals surface area (Å²) in [5.74, 6) is 0.872. The molecule has 0 bridgehead atoms. The molecule has 3 atom stereocenters. The van der Waals surface area contributed by atoms with E-state index in [-0.39, 0.29) is 0 Å². The normalized spacial score (nSPS) is 33.7. The fourth-order valence-electron chi connectivity index (χ4n) is 4.30. The lowest BCUT2D eigenvalue weighted by molar-refractivity contribution is 0.0727. The van der Waals surface area contributed by atoms with Gasteiger partial charge in [0.2, 0.25) is 0 Å². The van der Waals surface area contributed by atoms with Crippen LogP contribution in [-0.2, 0) is 0 Å². The van der Waals surface area contributed by atoms with Crippen LogP contribution in [0.4, 0.5) is 0 Å². The molecule has 3 heteroatoms. The number of likely N-dealkylation sites (tertiary alicyclic amines) is 1. The molecule has 0 aromatic rings. The average molecular weight is 296 g/mol. The van der Waals surface area contributed by atoms with Gasteiger partial charge in [-0.1, -0.05) is 20.8 Å². The van der Waals surface area contributed by atoms with Gasteiger partial charge in [0, 0.05) is 25.2 Å². The fourth-order valence-corrected chi connectivity index (χ4v) is 4.30. The number of rotatable bonds is 6. The van der Waals surface area contributed by atoms with Gasteiger partial charge in [-0.25, -0.2) is 0 Å². The van der Waals surface area contributed by atoms with Crippen molar-refractivity contribution in [3.63, 3.8) is 0 Å². The van der Waals surface area contributed by atoms with E-state index < -0.39 is 0 Å². The van der Waals surface area contributed by atoms with Gasteiger partial charge in [-0.15, -0.1) is 0 Å². The molecule has 0 aromatic heterocycles. The van der Waals surface area contributed by atoms with E-state index in [0.29, 0.717) is 17.5 Å². The summed E-state index contributed by atoms with van der Waals surface area (Å²) < 4.78 is 0. The van der Waals surface area contributed by atoms with E-state index in [0.717, 1.165) is 5.92 Å². The van der Waals surface area contributed by atoms with Crippen molar-refractivity contribution < 1.29 is 0 Å². The van der Waals surface area contributed by atoms with E-state index in [9.17, 15) is 0 Å². The summed E-state index contributed by atoms with van der Waals surface area (Å²) in [6.45, 7) is 12.2. The molecule has 21 heavy (non-hydrogen) atoms. The molecule has 124 valence electrons. The Morgan fingerprint density at radius 2 is 2.05 bits per heavy atom. The van der Waals surface area contributed by atoms with Crippen molar-refractivity contribution in [2.75, 3.05) is 40.3 Å². The van der Waals surface area contributed by atoms with Crippen LogP contribution in [0, 0.1) is 11.3 Å². The Bertz CT molecular complexity index is 316. The smallest absolute Gasteiger partial charge is 0.0251 e. The van der Waals surface area contributed by atoms with Gasteiger partial charge in [-0.05, 0) is 70.6 Å². The van der Waals surface area contributed by atoms with E-state index in [1.807, 2.05) is 0 Å². The molecule has 2 rings (SSSR count). The molecule has 0 amide bonds. The third-order valence-electron chi connectivity index (χ3n) is 5.62. The third kappa shape index (κ3) is 4.94. The van der Waals surface area contributed by atoms with Crippen LogP contribution in [0.2, 0.25) is 0 Å². The quantitative estimate of drug-likeness (QED) is 0.813. The summed E-state index contributed by atoms with van der Waals surface area (Å²) in [6.07, 6.45) is 6.67. The topological polar surface area (TPSA) is 18.5 Å². The van der Waals surface area contributed by atoms with E-state index in [1.54, 1.807) is 0 Å². The lowest BCUT2D eigenvalue weighted by Crippen LogP contribution is -2.54. The minimum absolute atomic E-state index is 0.510. The van der Waals surface area contributed by atoms with Crippen LogP contribution < -0.4 is 5.32 Å². The van der Waals surface area contributed by atoms with Crippen molar-refractivity contribution >= 4 is 0 Å². The summed E-state index contributed by atoms with van der Waals surface area (Å²) in [5.41, 5.74) is 0.510. The summed E-state index contributed by atoms with van der Waals surface area (Å²) >= 11 is 0. The number of nitrogens with one attached hydrogen (secondary N) is 1. The van der Waals surface area contributed by atoms with Crippen molar-refractivity contribution in [1.82, 2.24) is 15.1 Å². The van der Waals surface area contributed by atoms with Crippen LogP contribution in [0.5, 0.6) is 0 Å². The first-order valence-corrected chi connectivity index (χ1v) is 9.03. The first-order valence-electron chi connectivity index (χ1n) is 9.03. The van der Waals surface area contributed by atoms with Crippen LogP contribution in [0.1, 0.15) is 52.9 Å². The van der Waals surface area contributed by atoms with Crippen LogP contribution >= 0.6 is 0 Å². The molecule has 1 aliphatic heterocycles. The van der Waals surface area contributed by atoms with E-state index in [1.165, 1.54) is 58.3 Å². The Morgan fingerprint density at radius 1 is 1.29 bits per heavy atom. The SMILES string of the molecule is CCCNC1CCC(C)(C)CC1N(C)CC1CCN(C)C1. The fraction of sp³-hybridized carbons (Fsp3) is 1.00. The Balaban J connectivity index is 1.93. The molecule has 1 saturated heterocycles. The molecule has 3 unspecified atom stereocenters. The first-order chi connectivity index (χ1) is 9.91. The number of likely N-dealkylation sites (N-methyl/N-ethyl adjacent to an activating group) is 1. The second-order valence-electron chi connectivity index (χ2n) is 8.39. The van der Waals surface area contributed by atoms with Crippen molar-refractivity contribution in [1.29, 1.82) is 0 Å². The lowest BCUT2D eigenvalue weighted by Gasteiger charge is -2.45. The summed E-state index contributed by atoms with van der Waals surface area (Å²) in [7, 11) is 4.63. The molecule has 0 spiro atoms. The highest BCUT2D eigenvalue weighted by molar-refractivity contribution is 4.94. The zero-order valence-corrected chi connectivity index (χ0v) is 15.0. The molecule has 1 saturated carbocycles. The van der Waals surface area contributed by atoms with Crippen molar-refractivity contribution in [2.45, 2.75) is 65.0 Å². The molecule has 1 N–H and O–H groups in total. The van der Waals surface area contributed by atoms with Crippen LogP contribution in [0.15, 0.2) is 0 Å². The molecule has 0 aromatic carbocycles. The van der Waals surface area contributed by atoms with Crippen LogP contribution in [0.25, 0.3) is 0 Å². The number of hydrogen-bond acceptors (Lipinski definition) is 3. The summed E-state index contributed by atoms with van der Waals surface area (Å²) in [5, 5.41) is 3.82. The minimum atomic E-state index is 0.510. The first kappa shape index (κ1) is 17.2. The Hall–Kier alpha value is -0.120. The van der Waals surface area contributed by atoms with Crippen molar-refractivity contribution in [3.05, 3.63) is 0 Å². The monoisotopic (exact) mass is 295 g/mol. The van der Waals surface area contributed by atoms with Crippen LogP contribution in [0.3, 0.4) is 0 Å². The predicted octanol–water partition coefficient (Wildman–Crippen LogP) is 2.82. The highest BCUT2D eigenvalue weighted by atomic mass is 15.2. The second kappa shape index (κ2) is 7.43. The Morgan fingerprint density at radius 3 is 2.67 bits per heavy atom. The number of hydrogen-bond donors (Lipinski definition) is 1. The van der Waals surface area contributed by atoms with E-state index in [2.05, 4.69) is 50.0 Å².